The predicted octanol–water partition coefficient (Wildman–Crippen LogP) is 3.20. The smallest absolute Gasteiger partial charge is 0.245 e. The topological polar surface area (TPSA) is 60.9 Å². The van der Waals surface area contributed by atoms with Gasteiger partial charge in [0.05, 0.1) is 0 Å². The van der Waals surface area contributed by atoms with Gasteiger partial charge in [-0.05, 0) is 75.6 Å². The Bertz CT molecular complexity index is 894. The molecule has 178 valence electrons. The molecule has 8 heteroatoms. The zero-order valence-corrected chi connectivity index (χ0v) is 19.9. The van der Waals surface area contributed by atoms with E-state index in [0.29, 0.717) is 18.8 Å². The van der Waals surface area contributed by atoms with Crippen LogP contribution in [0, 0.1) is 23.6 Å². The Kier molecular flexibility index (Phi) is 7.52. The summed E-state index contributed by atoms with van der Waals surface area (Å²) in [6, 6.07) is 5.49. The number of rotatable bonds is 5. The molecule has 1 aromatic rings. The molecule has 3 heterocycles. The lowest BCUT2D eigenvalue weighted by Gasteiger charge is -2.40. The average molecular weight is 466 g/mol. The minimum Gasteiger partial charge on any atom is -0.342 e. The molecule has 4 rings (SSSR count). The third kappa shape index (κ3) is 5.34. The first-order valence-electron chi connectivity index (χ1n) is 12.1. The SMILES string of the molecule is CC1CCN(CC2CCCN(C(=O)C3CCN(S(=O)(=O)c4ccccc4F)CC3)C2)CC1. The van der Waals surface area contributed by atoms with Gasteiger partial charge in [0.15, 0.2) is 0 Å². The van der Waals surface area contributed by atoms with Gasteiger partial charge < -0.3 is 9.80 Å². The van der Waals surface area contributed by atoms with Gasteiger partial charge in [0.1, 0.15) is 10.7 Å². The maximum absolute atomic E-state index is 14.0. The Balaban J connectivity index is 1.30. The number of piperidine rings is 3. The van der Waals surface area contributed by atoms with E-state index in [1.807, 2.05) is 4.90 Å². The highest BCUT2D eigenvalue weighted by atomic mass is 32.2. The van der Waals surface area contributed by atoms with Crippen molar-refractivity contribution in [3.05, 3.63) is 30.1 Å². The minimum atomic E-state index is -3.87. The zero-order valence-electron chi connectivity index (χ0n) is 19.1. The number of hydrogen-bond acceptors (Lipinski definition) is 4. The normalized spacial score (nSPS) is 25.2. The third-order valence-electron chi connectivity index (χ3n) is 7.48. The van der Waals surface area contributed by atoms with Crippen molar-refractivity contribution in [2.75, 3.05) is 45.8 Å². The first-order chi connectivity index (χ1) is 15.3. The molecule has 3 saturated heterocycles. The molecule has 1 unspecified atom stereocenters. The van der Waals surface area contributed by atoms with Crippen LogP contribution >= 0.6 is 0 Å². The molecule has 0 aromatic heterocycles. The maximum atomic E-state index is 14.0. The quantitative estimate of drug-likeness (QED) is 0.670. The molecule has 0 N–H and O–H groups in total. The van der Waals surface area contributed by atoms with Gasteiger partial charge in [-0.15, -0.1) is 0 Å². The van der Waals surface area contributed by atoms with Crippen LogP contribution in [0.2, 0.25) is 0 Å². The fourth-order valence-electron chi connectivity index (χ4n) is 5.42. The highest BCUT2D eigenvalue weighted by Crippen LogP contribution is 2.28. The monoisotopic (exact) mass is 465 g/mol. The maximum Gasteiger partial charge on any atom is 0.245 e. The Labute approximate surface area is 191 Å². The van der Waals surface area contributed by atoms with Crippen molar-refractivity contribution in [3.8, 4) is 0 Å². The van der Waals surface area contributed by atoms with E-state index in [2.05, 4.69) is 11.8 Å². The number of amides is 1. The Hall–Kier alpha value is -1.51. The summed E-state index contributed by atoms with van der Waals surface area (Å²) in [5, 5.41) is 0. The van der Waals surface area contributed by atoms with E-state index in [4.69, 9.17) is 0 Å². The van der Waals surface area contributed by atoms with Crippen molar-refractivity contribution < 1.29 is 17.6 Å². The molecule has 0 saturated carbocycles. The van der Waals surface area contributed by atoms with Gasteiger partial charge in [-0.25, -0.2) is 12.8 Å². The number of nitrogens with zero attached hydrogens (tertiary/aromatic N) is 3. The highest BCUT2D eigenvalue weighted by Gasteiger charge is 2.36. The van der Waals surface area contributed by atoms with Crippen LogP contribution in [0.4, 0.5) is 4.39 Å². The molecule has 6 nitrogen and oxygen atoms in total. The summed E-state index contributed by atoms with van der Waals surface area (Å²) in [4.78, 5) is 17.5. The second-order valence-electron chi connectivity index (χ2n) is 9.88. The fourth-order valence-corrected chi connectivity index (χ4v) is 6.95. The Morgan fingerprint density at radius 1 is 1.00 bits per heavy atom. The van der Waals surface area contributed by atoms with Gasteiger partial charge in [-0.1, -0.05) is 19.1 Å². The highest BCUT2D eigenvalue weighted by molar-refractivity contribution is 7.89. The van der Waals surface area contributed by atoms with E-state index in [1.54, 1.807) is 0 Å². The van der Waals surface area contributed by atoms with Gasteiger partial charge >= 0.3 is 0 Å². The van der Waals surface area contributed by atoms with Crippen LogP contribution in [-0.4, -0.2) is 74.2 Å². The number of likely N-dealkylation sites (tertiary alicyclic amines) is 2. The first kappa shape index (κ1) is 23.6. The Morgan fingerprint density at radius 3 is 2.38 bits per heavy atom. The van der Waals surface area contributed by atoms with E-state index in [1.165, 1.54) is 60.9 Å². The number of sulfonamides is 1. The molecule has 32 heavy (non-hydrogen) atoms. The van der Waals surface area contributed by atoms with Gasteiger partial charge in [0, 0.05) is 38.6 Å². The lowest BCUT2D eigenvalue weighted by molar-refractivity contribution is -0.138. The number of carbonyl (C=O) groups is 1. The lowest BCUT2D eigenvalue weighted by Crippen LogP contribution is -2.49. The van der Waals surface area contributed by atoms with Gasteiger partial charge in [0.25, 0.3) is 0 Å². The van der Waals surface area contributed by atoms with Crippen LogP contribution in [0.3, 0.4) is 0 Å². The van der Waals surface area contributed by atoms with Crippen molar-refractivity contribution >= 4 is 15.9 Å². The lowest BCUT2D eigenvalue weighted by atomic mass is 9.91. The number of benzene rings is 1. The summed E-state index contributed by atoms with van der Waals surface area (Å²) in [7, 11) is -3.87. The molecule has 0 bridgehead atoms. The second-order valence-corrected chi connectivity index (χ2v) is 11.8. The molecule has 1 atom stereocenters. The van der Waals surface area contributed by atoms with Crippen LogP contribution in [0.15, 0.2) is 29.2 Å². The molecule has 0 spiro atoms. The number of halogens is 1. The van der Waals surface area contributed by atoms with Crippen molar-refractivity contribution in [2.45, 2.75) is 50.3 Å². The third-order valence-corrected chi connectivity index (χ3v) is 9.41. The van der Waals surface area contributed by atoms with Crippen LogP contribution in [0.5, 0.6) is 0 Å². The van der Waals surface area contributed by atoms with Gasteiger partial charge in [-0.3, -0.25) is 4.79 Å². The van der Waals surface area contributed by atoms with E-state index in [9.17, 15) is 17.6 Å². The average Bonchev–Trinajstić information content (AvgIpc) is 2.80. The molecule has 1 aromatic carbocycles. The van der Waals surface area contributed by atoms with Crippen LogP contribution in [0.25, 0.3) is 0 Å². The Morgan fingerprint density at radius 2 is 1.69 bits per heavy atom. The van der Waals surface area contributed by atoms with Crippen molar-refractivity contribution in [1.29, 1.82) is 0 Å². The number of carbonyl (C=O) groups excluding carboxylic acids is 1. The zero-order chi connectivity index (χ0) is 22.7. The van der Waals surface area contributed by atoms with Gasteiger partial charge in [-0.2, -0.15) is 4.31 Å². The first-order valence-corrected chi connectivity index (χ1v) is 13.5. The van der Waals surface area contributed by atoms with Crippen LogP contribution < -0.4 is 0 Å². The van der Waals surface area contributed by atoms with E-state index in [-0.39, 0.29) is 29.8 Å². The minimum absolute atomic E-state index is 0.142. The van der Waals surface area contributed by atoms with Crippen molar-refractivity contribution in [3.63, 3.8) is 0 Å². The van der Waals surface area contributed by atoms with Crippen LogP contribution in [0.1, 0.15) is 45.4 Å². The van der Waals surface area contributed by atoms with Crippen molar-refractivity contribution in [2.24, 2.45) is 17.8 Å². The molecule has 3 aliphatic rings. The van der Waals surface area contributed by atoms with Crippen LogP contribution in [-0.2, 0) is 14.8 Å². The summed E-state index contributed by atoms with van der Waals surface area (Å²) in [5.74, 6) is 0.654. The summed E-state index contributed by atoms with van der Waals surface area (Å²) < 4.78 is 41.0. The van der Waals surface area contributed by atoms with E-state index >= 15 is 0 Å². The fraction of sp³-hybridized carbons (Fsp3) is 0.708. The largest absolute Gasteiger partial charge is 0.342 e. The molecular weight excluding hydrogens is 429 g/mol. The van der Waals surface area contributed by atoms with Gasteiger partial charge in [0.2, 0.25) is 15.9 Å². The summed E-state index contributed by atoms with van der Waals surface area (Å²) in [5.41, 5.74) is 0. The molecule has 0 aliphatic carbocycles. The number of hydrogen-bond donors (Lipinski definition) is 0. The molecular formula is C24H36FN3O3S. The second kappa shape index (κ2) is 10.2. The molecule has 3 aliphatic heterocycles. The van der Waals surface area contributed by atoms with Crippen molar-refractivity contribution in [1.82, 2.24) is 14.1 Å². The summed E-state index contributed by atoms with van der Waals surface area (Å²) >= 11 is 0. The molecule has 3 fully saturated rings. The summed E-state index contributed by atoms with van der Waals surface area (Å²) in [6.07, 6.45) is 5.75. The molecule has 0 radical (unpaired) electrons. The van der Waals surface area contributed by atoms with E-state index < -0.39 is 15.8 Å². The molecule has 1 amide bonds. The predicted molar refractivity (Wildman–Crippen MR) is 122 cm³/mol. The van der Waals surface area contributed by atoms with E-state index in [0.717, 1.165) is 32.0 Å². The summed E-state index contributed by atoms with van der Waals surface area (Å²) in [6.45, 7) is 7.88. The standard InChI is InChI=1S/C24H36FN3O3S/c1-19-8-13-26(14-9-19)17-20-5-4-12-27(18-20)24(29)21-10-15-28(16-11-21)32(30,31)23-7-3-2-6-22(23)25/h2-3,6-7,19-21H,4-5,8-18H2,1H3.